The molecule has 0 radical (unpaired) electrons. The van der Waals surface area contributed by atoms with E-state index in [1.54, 1.807) is 12.1 Å². The lowest BCUT2D eigenvalue weighted by Crippen LogP contribution is -2.04. The van der Waals surface area contributed by atoms with Crippen LogP contribution in [0.25, 0.3) is 0 Å². The first-order valence-corrected chi connectivity index (χ1v) is 7.18. The fourth-order valence-corrected chi connectivity index (χ4v) is 2.41. The van der Waals surface area contributed by atoms with Gasteiger partial charge in [0.2, 0.25) is 0 Å². The molecule has 0 aliphatic carbocycles. The maximum Gasteiger partial charge on any atom is 0.137 e. The van der Waals surface area contributed by atoms with Gasteiger partial charge in [-0.05, 0) is 52.9 Å². The molecule has 0 spiro atoms. The van der Waals surface area contributed by atoms with Crippen LogP contribution in [0.2, 0.25) is 0 Å². The zero-order chi connectivity index (χ0) is 12.0. The third kappa shape index (κ3) is 4.83. The second kappa shape index (κ2) is 7.28. The Hall–Kier alpha value is -0.0900. The predicted molar refractivity (Wildman–Crippen MR) is 71.8 cm³/mol. The first-order chi connectivity index (χ1) is 7.63. The molecule has 0 amide bonds. The Morgan fingerprint density at radius 1 is 1.38 bits per heavy atom. The Bertz CT molecular complexity index is 331. The summed E-state index contributed by atoms with van der Waals surface area (Å²) in [5, 5.41) is 1.02. The molecule has 0 fully saturated rings. The topological polar surface area (TPSA) is 9.23 Å². The fraction of sp³-hybridized carbons (Fsp3) is 0.500. The van der Waals surface area contributed by atoms with E-state index in [1.807, 2.05) is 0 Å². The number of rotatable bonds is 6. The SMILES string of the molecule is CC(CCBr)CCOc1ccc(F)c(Br)c1. The van der Waals surface area contributed by atoms with Crippen LogP contribution in [0.1, 0.15) is 19.8 Å². The van der Waals surface area contributed by atoms with E-state index in [2.05, 4.69) is 38.8 Å². The van der Waals surface area contributed by atoms with Gasteiger partial charge in [0.15, 0.2) is 0 Å². The monoisotopic (exact) mass is 352 g/mol. The largest absolute Gasteiger partial charge is 0.494 e. The van der Waals surface area contributed by atoms with Crippen molar-refractivity contribution in [3.05, 3.63) is 28.5 Å². The molecule has 1 unspecified atom stereocenters. The number of halogens is 3. The molecule has 0 aliphatic rings. The molecule has 1 rings (SSSR count). The minimum Gasteiger partial charge on any atom is -0.494 e. The Balaban J connectivity index is 2.34. The molecular formula is C12H15Br2FO. The number of benzene rings is 1. The maximum atomic E-state index is 12.9. The molecule has 1 atom stereocenters. The summed E-state index contributed by atoms with van der Waals surface area (Å²) in [6.07, 6.45) is 2.16. The van der Waals surface area contributed by atoms with Crippen LogP contribution in [0.4, 0.5) is 4.39 Å². The molecule has 90 valence electrons. The highest BCUT2D eigenvalue weighted by Crippen LogP contribution is 2.22. The normalized spacial score (nSPS) is 12.5. The van der Waals surface area contributed by atoms with Crippen molar-refractivity contribution in [1.29, 1.82) is 0 Å². The average Bonchev–Trinajstić information content (AvgIpc) is 2.24. The Labute approximate surface area is 113 Å². The number of hydrogen-bond acceptors (Lipinski definition) is 1. The van der Waals surface area contributed by atoms with Gasteiger partial charge in [0.25, 0.3) is 0 Å². The Kier molecular flexibility index (Phi) is 6.36. The highest BCUT2D eigenvalue weighted by Gasteiger charge is 2.03. The van der Waals surface area contributed by atoms with Gasteiger partial charge in [-0.25, -0.2) is 4.39 Å². The molecule has 0 saturated heterocycles. The highest BCUT2D eigenvalue weighted by atomic mass is 79.9. The zero-order valence-corrected chi connectivity index (χ0v) is 12.4. The molecule has 0 aromatic heterocycles. The van der Waals surface area contributed by atoms with Crippen molar-refractivity contribution in [2.24, 2.45) is 5.92 Å². The van der Waals surface area contributed by atoms with Crippen LogP contribution in [-0.4, -0.2) is 11.9 Å². The average molecular weight is 354 g/mol. The van der Waals surface area contributed by atoms with Gasteiger partial charge >= 0.3 is 0 Å². The van der Waals surface area contributed by atoms with Crippen LogP contribution in [-0.2, 0) is 0 Å². The highest BCUT2D eigenvalue weighted by molar-refractivity contribution is 9.10. The van der Waals surface area contributed by atoms with Crippen molar-refractivity contribution >= 4 is 31.9 Å². The molecule has 1 aromatic rings. The fourth-order valence-electron chi connectivity index (χ4n) is 1.28. The number of hydrogen-bond donors (Lipinski definition) is 0. The summed E-state index contributed by atoms with van der Waals surface area (Å²) in [6, 6.07) is 4.71. The maximum absolute atomic E-state index is 12.9. The molecule has 1 aromatic carbocycles. The standard InChI is InChI=1S/C12H15Br2FO/c1-9(4-6-13)5-7-16-10-2-3-12(15)11(14)8-10/h2-3,8-9H,4-7H2,1H3. The first-order valence-electron chi connectivity index (χ1n) is 5.27. The van der Waals surface area contributed by atoms with Gasteiger partial charge in [-0.1, -0.05) is 22.9 Å². The molecule has 16 heavy (non-hydrogen) atoms. The van der Waals surface area contributed by atoms with Gasteiger partial charge < -0.3 is 4.74 Å². The first kappa shape index (κ1) is 14.0. The van der Waals surface area contributed by atoms with Gasteiger partial charge in [0.05, 0.1) is 11.1 Å². The van der Waals surface area contributed by atoms with Gasteiger partial charge in [0.1, 0.15) is 11.6 Å². The minimum atomic E-state index is -0.264. The summed E-state index contributed by atoms with van der Waals surface area (Å²) in [4.78, 5) is 0. The van der Waals surface area contributed by atoms with Gasteiger partial charge in [-0.3, -0.25) is 0 Å². The lowest BCUT2D eigenvalue weighted by Gasteiger charge is -2.11. The van der Waals surface area contributed by atoms with Crippen LogP contribution < -0.4 is 4.74 Å². The van der Waals surface area contributed by atoms with Crippen molar-refractivity contribution in [2.45, 2.75) is 19.8 Å². The van der Waals surface area contributed by atoms with E-state index in [-0.39, 0.29) is 5.82 Å². The Morgan fingerprint density at radius 2 is 2.12 bits per heavy atom. The van der Waals surface area contributed by atoms with Crippen molar-refractivity contribution in [1.82, 2.24) is 0 Å². The van der Waals surface area contributed by atoms with Crippen molar-refractivity contribution in [3.63, 3.8) is 0 Å². The van der Waals surface area contributed by atoms with E-state index >= 15 is 0 Å². The predicted octanol–water partition coefficient (Wildman–Crippen LogP) is 4.78. The summed E-state index contributed by atoms with van der Waals surface area (Å²) >= 11 is 6.55. The van der Waals surface area contributed by atoms with Gasteiger partial charge in [-0.15, -0.1) is 0 Å². The lowest BCUT2D eigenvalue weighted by molar-refractivity contribution is 0.282. The summed E-state index contributed by atoms with van der Waals surface area (Å²) in [5.41, 5.74) is 0. The summed E-state index contributed by atoms with van der Waals surface area (Å²) < 4.78 is 18.9. The van der Waals surface area contributed by atoms with E-state index in [0.29, 0.717) is 22.7 Å². The third-order valence-corrected chi connectivity index (χ3v) is 3.44. The molecular weight excluding hydrogens is 339 g/mol. The van der Waals surface area contributed by atoms with Crippen LogP contribution in [0, 0.1) is 11.7 Å². The van der Waals surface area contributed by atoms with Crippen molar-refractivity contribution in [2.75, 3.05) is 11.9 Å². The van der Waals surface area contributed by atoms with Crippen LogP contribution in [0.3, 0.4) is 0 Å². The number of ether oxygens (including phenoxy) is 1. The molecule has 1 nitrogen and oxygen atoms in total. The molecule has 0 bridgehead atoms. The third-order valence-electron chi connectivity index (χ3n) is 2.37. The van der Waals surface area contributed by atoms with Crippen molar-refractivity contribution < 1.29 is 9.13 Å². The molecule has 4 heteroatoms. The van der Waals surface area contributed by atoms with E-state index in [0.717, 1.165) is 18.2 Å². The molecule has 0 N–H and O–H groups in total. The zero-order valence-electron chi connectivity index (χ0n) is 9.18. The summed E-state index contributed by atoms with van der Waals surface area (Å²) in [5.74, 6) is 1.09. The lowest BCUT2D eigenvalue weighted by atomic mass is 10.1. The van der Waals surface area contributed by atoms with Crippen LogP contribution in [0.5, 0.6) is 5.75 Å². The van der Waals surface area contributed by atoms with E-state index in [9.17, 15) is 4.39 Å². The van der Waals surface area contributed by atoms with E-state index in [4.69, 9.17) is 4.74 Å². The van der Waals surface area contributed by atoms with Gasteiger partial charge in [0, 0.05) is 5.33 Å². The summed E-state index contributed by atoms with van der Waals surface area (Å²) in [7, 11) is 0. The number of alkyl halides is 1. The van der Waals surface area contributed by atoms with E-state index < -0.39 is 0 Å². The molecule has 0 aliphatic heterocycles. The van der Waals surface area contributed by atoms with Gasteiger partial charge in [-0.2, -0.15) is 0 Å². The Morgan fingerprint density at radius 3 is 2.75 bits per heavy atom. The second-order valence-corrected chi connectivity index (χ2v) is 5.44. The molecule has 0 heterocycles. The van der Waals surface area contributed by atoms with Crippen LogP contribution in [0.15, 0.2) is 22.7 Å². The minimum absolute atomic E-state index is 0.264. The quantitative estimate of drug-likeness (QED) is 0.669. The molecule has 0 saturated carbocycles. The summed E-state index contributed by atoms with van der Waals surface area (Å²) in [6.45, 7) is 2.87. The smallest absolute Gasteiger partial charge is 0.137 e. The van der Waals surface area contributed by atoms with Crippen molar-refractivity contribution in [3.8, 4) is 5.75 Å². The second-order valence-electron chi connectivity index (χ2n) is 3.80. The van der Waals surface area contributed by atoms with Crippen LogP contribution >= 0.6 is 31.9 Å². The van der Waals surface area contributed by atoms with E-state index in [1.165, 1.54) is 6.07 Å².